The molecule has 0 fully saturated rings. The molecule has 1 aromatic heterocycles. The van der Waals surface area contributed by atoms with Crippen molar-refractivity contribution in [2.45, 2.75) is 18.2 Å². The van der Waals surface area contributed by atoms with E-state index in [4.69, 9.17) is 0 Å². The molecule has 0 atom stereocenters. The molecular weight excluding hydrogens is 479 g/mol. The van der Waals surface area contributed by atoms with Crippen LogP contribution in [0.15, 0.2) is 46.8 Å². The standard InChI is InChI=1S/C18H17IN4OS2/c1-11-7-8-13(9-12(11)2)20-17-22-23-18(26-17)25-10-16(24)21-15-6-4-3-5-14(15)19/h3-9H,10H2,1-2H3,(H,20,22)(H,21,24). The summed E-state index contributed by atoms with van der Waals surface area (Å²) < 4.78 is 1.77. The SMILES string of the molecule is Cc1ccc(Nc2nnc(SCC(=O)Nc3ccccc3I)s2)cc1C. The van der Waals surface area contributed by atoms with Crippen molar-refractivity contribution in [3.8, 4) is 0 Å². The number of aromatic nitrogens is 2. The van der Waals surface area contributed by atoms with E-state index in [2.05, 4.69) is 69.4 Å². The Kier molecular flexibility index (Phi) is 6.49. The largest absolute Gasteiger partial charge is 0.330 e. The van der Waals surface area contributed by atoms with Gasteiger partial charge in [-0.1, -0.05) is 41.3 Å². The Morgan fingerprint density at radius 2 is 1.96 bits per heavy atom. The molecular formula is C18H17IN4OS2. The van der Waals surface area contributed by atoms with Gasteiger partial charge in [0.1, 0.15) is 0 Å². The molecule has 0 aliphatic heterocycles. The molecule has 0 radical (unpaired) electrons. The van der Waals surface area contributed by atoms with Gasteiger partial charge in [-0.25, -0.2) is 0 Å². The second-order valence-electron chi connectivity index (χ2n) is 5.61. The highest BCUT2D eigenvalue weighted by atomic mass is 127. The number of hydrogen-bond acceptors (Lipinski definition) is 6. The van der Waals surface area contributed by atoms with E-state index in [-0.39, 0.29) is 5.91 Å². The van der Waals surface area contributed by atoms with Crippen molar-refractivity contribution in [1.82, 2.24) is 10.2 Å². The van der Waals surface area contributed by atoms with Gasteiger partial charge in [-0.05, 0) is 71.8 Å². The zero-order chi connectivity index (χ0) is 18.5. The Bertz CT molecular complexity index is 929. The van der Waals surface area contributed by atoms with E-state index >= 15 is 0 Å². The van der Waals surface area contributed by atoms with Gasteiger partial charge < -0.3 is 10.6 Å². The molecule has 8 heteroatoms. The molecule has 0 saturated heterocycles. The molecule has 0 aliphatic carbocycles. The number of carbonyl (C=O) groups is 1. The van der Waals surface area contributed by atoms with Gasteiger partial charge in [0.05, 0.1) is 11.4 Å². The fourth-order valence-corrected chi connectivity index (χ4v) is 4.23. The van der Waals surface area contributed by atoms with Crippen molar-refractivity contribution in [1.29, 1.82) is 0 Å². The summed E-state index contributed by atoms with van der Waals surface area (Å²) in [6.07, 6.45) is 0. The number of halogens is 1. The lowest BCUT2D eigenvalue weighted by atomic mass is 10.1. The third kappa shape index (κ3) is 5.18. The highest BCUT2D eigenvalue weighted by Gasteiger charge is 2.10. The average molecular weight is 496 g/mol. The number of rotatable bonds is 6. The van der Waals surface area contributed by atoms with Crippen LogP contribution in [0, 0.1) is 17.4 Å². The minimum atomic E-state index is -0.0574. The summed E-state index contributed by atoms with van der Waals surface area (Å²) in [5.41, 5.74) is 4.29. The number of nitrogens with one attached hydrogen (secondary N) is 2. The summed E-state index contributed by atoms with van der Waals surface area (Å²) in [5.74, 6) is 0.237. The number of hydrogen-bond donors (Lipinski definition) is 2. The van der Waals surface area contributed by atoms with Crippen LogP contribution < -0.4 is 10.6 Å². The third-order valence-corrected chi connectivity index (χ3v) is 6.55. The molecule has 0 saturated carbocycles. The number of aryl methyl sites for hydroxylation is 2. The van der Waals surface area contributed by atoms with Gasteiger partial charge in [-0.3, -0.25) is 4.79 Å². The molecule has 2 aromatic carbocycles. The van der Waals surface area contributed by atoms with Crippen molar-refractivity contribution in [2.75, 3.05) is 16.4 Å². The first-order chi connectivity index (χ1) is 12.5. The zero-order valence-electron chi connectivity index (χ0n) is 14.2. The number of thioether (sulfide) groups is 1. The fraction of sp³-hybridized carbons (Fsp3) is 0.167. The molecule has 0 aliphatic rings. The average Bonchev–Trinajstić information content (AvgIpc) is 3.06. The van der Waals surface area contributed by atoms with Crippen LogP contribution in [-0.4, -0.2) is 21.9 Å². The normalized spacial score (nSPS) is 10.6. The van der Waals surface area contributed by atoms with Crippen molar-refractivity contribution < 1.29 is 4.79 Å². The van der Waals surface area contributed by atoms with Crippen LogP contribution in [-0.2, 0) is 4.79 Å². The maximum absolute atomic E-state index is 12.1. The predicted octanol–water partition coefficient (Wildman–Crippen LogP) is 5.23. The topological polar surface area (TPSA) is 66.9 Å². The van der Waals surface area contributed by atoms with Gasteiger partial charge in [0, 0.05) is 9.26 Å². The van der Waals surface area contributed by atoms with Crippen LogP contribution in [0.3, 0.4) is 0 Å². The van der Waals surface area contributed by atoms with E-state index in [1.54, 1.807) is 0 Å². The molecule has 26 heavy (non-hydrogen) atoms. The first-order valence-corrected chi connectivity index (χ1v) is 10.7. The van der Waals surface area contributed by atoms with Gasteiger partial charge in [0.25, 0.3) is 0 Å². The number of para-hydroxylation sites is 1. The van der Waals surface area contributed by atoms with Gasteiger partial charge in [0.2, 0.25) is 11.0 Å². The molecule has 3 aromatic rings. The zero-order valence-corrected chi connectivity index (χ0v) is 18.0. The lowest BCUT2D eigenvalue weighted by molar-refractivity contribution is -0.113. The van der Waals surface area contributed by atoms with Crippen molar-refractivity contribution >= 4 is 68.1 Å². The van der Waals surface area contributed by atoms with Gasteiger partial charge in [0.15, 0.2) is 4.34 Å². The van der Waals surface area contributed by atoms with E-state index in [1.807, 2.05) is 30.3 Å². The molecule has 1 amide bonds. The quantitative estimate of drug-likeness (QED) is 0.361. The van der Waals surface area contributed by atoms with Crippen LogP contribution in [0.25, 0.3) is 0 Å². The minimum absolute atomic E-state index is 0.0574. The maximum atomic E-state index is 12.1. The Hall–Kier alpha value is -1.65. The fourth-order valence-electron chi connectivity index (χ4n) is 2.14. The molecule has 0 unspecified atom stereocenters. The lowest BCUT2D eigenvalue weighted by Gasteiger charge is -2.06. The minimum Gasteiger partial charge on any atom is -0.330 e. The number of benzene rings is 2. The van der Waals surface area contributed by atoms with Gasteiger partial charge in [-0.15, -0.1) is 10.2 Å². The van der Waals surface area contributed by atoms with Crippen LogP contribution >= 0.6 is 45.7 Å². The summed E-state index contributed by atoms with van der Waals surface area (Å²) in [7, 11) is 0. The van der Waals surface area contributed by atoms with E-state index < -0.39 is 0 Å². The van der Waals surface area contributed by atoms with Gasteiger partial charge in [-0.2, -0.15) is 0 Å². The summed E-state index contributed by atoms with van der Waals surface area (Å²) >= 11 is 5.02. The predicted molar refractivity (Wildman–Crippen MR) is 118 cm³/mol. The first kappa shape index (κ1) is 19.1. The third-order valence-electron chi connectivity index (χ3n) is 3.64. The monoisotopic (exact) mass is 496 g/mol. The van der Waals surface area contributed by atoms with Crippen LogP contribution in [0.5, 0.6) is 0 Å². The van der Waals surface area contributed by atoms with E-state index in [9.17, 15) is 4.79 Å². The van der Waals surface area contributed by atoms with E-state index in [0.717, 1.165) is 19.3 Å². The highest BCUT2D eigenvalue weighted by molar-refractivity contribution is 14.1. The van der Waals surface area contributed by atoms with Crippen molar-refractivity contribution in [2.24, 2.45) is 0 Å². The summed E-state index contributed by atoms with van der Waals surface area (Å²) in [4.78, 5) is 12.1. The molecule has 0 spiro atoms. The van der Waals surface area contributed by atoms with E-state index in [0.29, 0.717) is 10.9 Å². The Morgan fingerprint density at radius 1 is 1.15 bits per heavy atom. The number of carbonyl (C=O) groups excluding carboxylic acids is 1. The molecule has 1 heterocycles. The smallest absolute Gasteiger partial charge is 0.234 e. The van der Waals surface area contributed by atoms with Crippen LogP contribution in [0.2, 0.25) is 0 Å². The summed E-state index contributed by atoms with van der Waals surface area (Å²) in [5, 5.41) is 15.2. The Labute approximate surface area is 174 Å². The first-order valence-electron chi connectivity index (χ1n) is 7.86. The van der Waals surface area contributed by atoms with Gasteiger partial charge >= 0.3 is 0 Å². The lowest BCUT2D eigenvalue weighted by Crippen LogP contribution is -2.14. The van der Waals surface area contributed by atoms with Crippen molar-refractivity contribution in [3.05, 3.63) is 57.2 Å². The Morgan fingerprint density at radius 3 is 2.73 bits per heavy atom. The highest BCUT2D eigenvalue weighted by Crippen LogP contribution is 2.28. The number of amides is 1. The summed E-state index contributed by atoms with van der Waals surface area (Å²) in [6, 6.07) is 13.9. The summed E-state index contributed by atoms with van der Waals surface area (Å²) in [6.45, 7) is 4.16. The molecule has 3 rings (SSSR count). The second-order valence-corrected chi connectivity index (χ2v) is 8.98. The number of nitrogens with zero attached hydrogens (tertiary/aromatic N) is 2. The van der Waals surface area contributed by atoms with Crippen LogP contribution in [0.1, 0.15) is 11.1 Å². The Balaban J connectivity index is 1.54. The van der Waals surface area contributed by atoms with Crippen molar-refractivity contribution in [3.63, 3.8) is 0 Å². The number of anilines is 3. The van der Waals surface area contributed by atoms with E-state index in [1.165, 1.54) is 34.2 Å². The maximum Gasteiger partial charge on any atom is 0.234 e. The molecule has 2 N–H and O–H groups in total. The second kappa shape index (κ2) is 8.83. The molecule has 0 bridgehead atoms. The molecule has 5 nitrogen and oxygen atoms in total. The van der Waals surface area contributed by atoms with Crippen LogP contribution in [0.4, 0.5) is 16.5 Å². The molecule has 134 valence electrons.